The summed E-state index contributed by atoms with van der Waals surface area (Å²) in [5.74, 6) is 1.26. The van der Waals surface area contributed by atoms with Crippen molar-refractivity contribution in [2.45, 2.75) is 18.0 Å². The summed E-state index contributed by atoms with van der Waals surface area (Å²) in [7, 11) is 1.64. The van der Waals surface area contributed by atoms with Gasteiger partial charge in [-0.3, -0.25) is 10.1 Å². The van der Waals surface area contributed by atoms with Crippen molar-refractivity contribution < 1.29 is 19.4 Å². The van der Waals surface area contributed by atoms with Crippen molar-refractivity contribution in [3.63, 3.8) is 0 Å². The molecule has 0 aliphatic carbocycles. The first kappa shape index (κ1) is 20.3. The molecule has 4 rings (SSSR count). The van der Waals surface area contributed by atoms with Gasteiger partial charge in [-0.1, -0.05) is 48.5 Å². The Morgan fingerprint density at radius 1 is 1.07 bits per heavy atom. The highest BCUT2D eigenvalue weighted by Crippen LogP contribution is 2.35. The Bertz CT molecular complexity index is 1010. The van der Waals surface area contributed by atoms with Gasteiger partial charge in [-0.05, 0) is 41.0 Å². The lowest BCUT2D eigenvalue weighted by Crippen LogP contribution is -2.33. The van der Waals surface area contributed by atoms with E-state index in [4.69, 9.17) is 9.47 Å². The van der Waals surface area contributed by atoms with Crippen molar-refractivity contribution >= 4 is 17.7 Å². The first-order valence-electron chi connectivity index (χ1n) is 9.69. The second kappa shape index (κ2) is 9.24. The lowest BCUT2D eigenvalue weighted by Gasteiger charge is -2.16. The van der Waals surface area contributed by atoms with Gasteiger partial charge in [0.25, 0.3) is 0 Å². The van der Waals surface area contributed by atoms with Gasteiger partial charge in [0.1, 0.15) is 24.1 Å². The number of carbonyl (C=O) groups is 1. The Balaban J connectivity index is 1.45. The van der Waals surface area contributed by atoms with Crippen LogP contribution in [0.15, 0.2) is 72.8 Å². The zero-order chi connectivity index (χ0) is 20.9. The van der Waals surface area contributed by atoms with Crippen LogP contribution in [-0.4, -0.2) is 30.0 Å². The predicted octanol–water partition coefficient (Wildman–Crippen LogP) is 4.73. The van der Waals surface area contributed by atoms with Gasteiger partial charge >= 0.3 is 5.97 Å². The second-order valence-corrected chi connectivity index (χ2v) is 8.16. The number of hydrogen-bond donors (Lipinski definition) is 2. The lowest BCUT2D eigenvalue weighted by atomic mass is 10.1. The minimum absolute atomic E-state index is 0.0547. The van der Waals surface area contributed by atoms with E-state index in [-0.39, 0.29) is 5.37 Å². The van der Waals surface area contributed by atoms with E-state index in [1.54, 1.807) is 18.9 Å². The van der Waals surface area contributed by atoms with E-state index in [9.17, 15) is 9.90 Å². The SMILES string of the molecule is COc1ccc([C@H]2N[C@@H](C(=O)O)CS2)cc1COc1ccc(-c2ccccc2)cc1. The van der Waals surface area contributed by atoms with Crippen LogP contribution >= 0.6 is 11.8 Å². The van der Waals surface area contributed by atoms with Crippen LogP contribution in [0.4, 0.5) is 0 Å². The van der Waals surface area contributed by atoms with E-state index in [2.05, 4.69) is 17.4 Å². The van der Waals surface area contributed by atoms with Crippen LogP contribution in [-0.2, 0) is 11.4 Å². The summed E-state index contributed by atoms with van der Waals surface area (Å²) in [6.45, 7) is 0.363. The fourth-order valence-electron chi connectivity index (χ4n) is 3.42. The largest absolute Gasteiger partial charge is 0.496 e. The highest BCUT2D eigenvalue weighted by Gasteiger charge is 2.30. The van der Waals surface area contributed by atoms with E-state index >= 15 is 0 Å². The number of hydrogen-bond acceptors (Lipinski definition) is 5. The first-order chi connectivity index (χ1) is 14.6. The molecule has 1 heterocycles. The zero-order valence-electron chi connectivity index (χ0n) is 16.6. The molecule has 3 aromatic rings. The van der Waals surface area contributed by atoms with Gasteiger partial charge in [-0.25, -0.2) is 0 Å². The predicted molar refractivity (Wildman–Crippen MR) is 119 cm³/mol. The number of carboxylic acids is 1. The topological polar surface area (TPSA) is 67.8 Å². The number of ether oxygens (including phenoxy) is 2. The Morgan fingerprint density at radius 3 is 2.47 bits per heavy atom. The number of methoxy groups -OCH3 is 1. The number of carboxylic acid groups (broad SMARTS) is 1. The third kappa shape index (κ3) is 4.61. The molecule has 2 N–H and O–H groups in total. The summed E-state index contributed by atoms with van der Waals surface area (Å²) < 4.78 is 11.5. The number of benzene rings is 3. The molecule has 1 aliphatic heterocycles. The summed E-state index contributed by atoms with van der Waals surface area (Å²) >= 11 is 1.59. The van der Waals surface area contributed by atoms with Crippen LogP contribution < -0.4 is 14.8 Å². The molecule has 0 bridgehead atoms. The molecule has 30 heavy (non-hydrogen) atoms. The van der Waals surface area contributed by atoms with Gasteiger partial charge in [0, 0.05) is 11.3 Å². The minimum atomic E-state index is -0.819. The molecule has 0 aromatic heterocycles. The van der Waals surface area contributed by atoms with E-state index in [1.807, 2.05) is 60.7 Å². The molecule has 0 radical (unpaired) electrons. The fourth-order valence-corrected chi connectivity index (χ4v) is 4.64. The van der Waals surface area contributed by atoms with Crippen LogP contribution in [0.5, 0.6) is 11.5 Å². The monoisotopic (exact) mass is 421 g/mol. The minimum Gasteiger partial charge on any atom is -0.496 e. The van der Waals surface area contributed by atoms with Crippen LogP contribution in [0, 0.1) is 0 Å². The van der Waals surface area contributed by atoms with Gasteiger partial charge in [0.05, 0.1) is 12.5 Å². The lowest BCUT2D eigenvalue weighted by molar-refractivity contribution is -0.138. The van der Waals surface area contributed by atoms with Crippen LogP contribution in [0.1, 0.15) is 16.5 Å². The highest BCUT2D eigenvalue weighted by atomic mass is 32.2. The maximum Gasteiger partial charge on any atom is 0.321 e. The number of thioether (sulfide) groups is 1. The van der Waals surface area contributed by atoms with E-state index in [1.165, 1.54) is 5.56 Å². The van der Waals surface area contributed by atoms with Crippen LogP contribution in [0.2, 0.25) is 0 Å². The average Bonchev–Trinajstić information content (AvgIpc) is 3.29. The number of nitrogens with one attached hydrogen (secondary N) is 1. The average molecular weight is 422 g/mol. The van der Waals surface area contributed by atoms with Gasteiger partial charge in [0.2, 0.25) is 0 Å². The summed E-state index contributed by atoms with van der Waals surface area (Å²) in [5.41, 5.74) is 4.24. The molecule has 5 nitrogen and oxygen atoms in total. The summed E-state index contributed by atoms with van der Waals surface area (Å²) in [4.78, 5) is 11.2. The Kier molecular flexibility index (Phi) is 6.26. The Morgan fingerprint density at radius 2 is 1.80 bits per heavy atom. The maximum atomic E-state index is 11.2. The molecule has 6 heteroatoms. The quantitative estimate of drug-likeness (QED) is 0.575. The molecule has 2 atom stereocenters. The standard InChI is InChI=1S/C24H23NO4S/c1-28-22-12-9-18(23-25-21(15-30-23)24(26)27)13-19(22)14-29-20-10-7-17(8-11-20)16-5-3-2-4-6-16/h2-13,21,23,25H,14-15H2,1H3,(H,26,27)/t21-,23+/m1/s1. The molecule has 0 spiro atoms. The Labute approximate surface area is 180 Å². The summed E-state index contributed by atoms with van der Waals surface area (Å²) in [5, 5.41) is 12.3. The first-order valence-corrected chi connectivity index (χ1v) is 10.7. The van der Waals surface area contributed by atoms with Crippen LogP contribution in [0.25, 0.3) is 11.1 Å². The third-order valence-corrected chi connectivity index (χ3v) is 6.31. The molecule has 0 unspecified atom stereocenters. The molecule has 1 aliphatic rings. The fraction of sp³-hybridized carbons (Fsp3) is 0.208. The summed E-state index contributed by atoms with van der Waals surface area (Å²) in [6, 6.07) is 23.6. The zero-order valence-corrected chi connectivity index (χ0v) is 17.4. The van der Waals surface area contributed by atoms with Gasteiger partial charge in [-0.2, -0.15) is 0 Å². The molecular formula is C24H23NO4S. The van der Waals surface area contributed by atoms with Crippen molar-refractivity contribution in [3.8, 4) is 22.6 Å². The number of rotatable bonds is 7. The Hall–Kier alpha value is -2.96. The van der Waals surface area contributed by atoms with Crippen molar-refractivity contribution in [1.29, 1.82) is 0 Å². The molecule has 0 saturated carbocycles. The smallest absolute Gasteiger partial charge is 0.321 e. The highest BCUT2D eigenvalue weighted by molar-refractivity contribution is 7.99. The van der Waals surface area contributed by atoms with Crippen molar-refractivity contribution in [2.24, 2.45) is 0 Å². The van der Waals surface area contributed by atoms with Crippen molar-refractivity contribution in [1.82, 2.24) is 5.32 Å². The molecule has 0 amide bonds. The number of aliphatic carboxylic acids is 1. The molecule has 154 valence electrons. The van der Waals surface area contributed by atoms with E-state index in [0.29, 0.717) is 12.4 Å². The molecule has 3 aromatic carbocycles. The van der Waals surface area contributed by atoms with Gasteiger partial charge < -0.3 is 14.6 Å². The normalized spacial score (nSPS) is 18.2. The second-order valence-electron chi connectivity index (χ2n) is 7.02. The summed E-state index contributed by atoms with van der Waals surface area (Å²) in [6.07, 6.45) is 0. The maximum absolute atomic E-state index is 11.2. The molecule has 1 fully saturated rings. The molecule has 1 saturated heterocycles. The third-order valence-electron chi connectivity index (χ3n) is 5.04. The molecular weight excluding hydrogens is 398 g/mol. The van der Waals surface area contributed by atoms with Crippen molar-refractivity contribution in [2.75, 3.05) is 12.9 Å². The van der Waals surface area contributed by atoms with Crippen LogP contribution in [0.3, 0.4) is 0 Å². The van der Waals surface area contributed by atoms with Gasteiger partial charge in [0.15, 0.2) is 0 Å². The van der Waals surface area contributed by atoms with E-state index in [0.717, 1.165) is 28.2 Å². The van der Waals surface area contributed by atoms with E-state index < -0.39 is 12.0 Å². The van der Waals surface area contributed by atoms with Gasteiger partial charge in [-0.15, -0.1) is 11.8 Å². The van der Waals surface area contributed by atoms with Crippen molar-refractivity contribution in [3.05, 3.63) is 83.9 Å².